The molecular weight excluding hydrogens is 311 g/mol. The van der Waals surface area contributed by atoms with Crippen LogP contribution in [0.5, 0.6) is 0 Å². The molecule has 7 heteroatoms. The SMILES string of the molecule is O=C(NCC1CCCCC1O)C(=O)Nc1ccc(F)c(Cl)c1. The summed E-state index contributed by atoms with van der Waals surface area (Å²) in [4.78, 5) is 23.5. The molecule has 5 nitrogen and oxygen atoms in total. The summed E-state index contributed by atoms with van der Waals surface area (Å²) in [5, 5.41) is 14.5. The Morgan fingerprint density at radius 1 is 1.27 bits per heavy atom. The Bertz CT molecular complexity index is 568. The number of hydrogen-bond donors (Lipinski definition) is 3. The first kappa shape index (κ1) is 16.7. The second-order valence-corrected chi connectivity index (χ2v) is 5.81. The fourth-order valence-electron chi connectivity index (χ4n) is 2.49. The van der Waals surface area contributed by atoms with E-state index in [4.69, 9.17) is 11.6 Å². The lowest BCUT2D eigenvalue weighted by molar-refractivity contribution is -0.136. The molecule has 1 aliphatic rings. The lowest BCUT2D eigenvalue weighted by Crippen LogP contribution is -2.41. The molecule has 22 heavy (non-hydrogen) atoms. The Kier molecular flexibility index (Phi) is 5.74. The van der Waals surface area contributed by atoms with Crippen LogP contribution in [0.25, 0.3) is 0 Å². The van der Waals surface area contributed by atoms with Crippen molar-refractivity contribution >= 4 is 29.1 Å². The molecule has 2 amide bonds. The van der Waals surface area contributed by atoms with E-state index >= 15 is 0 Å². The molecule has 120 valence electrons. The number of hydrogen-bond acceptors (Lipinski definition) is 3. The number of carbonyl (C=O) groups excluding carboxylic acids is 2. The van der Waals surface area contributed by atoms with Gasteiger partial charge < -0.3 is 15.7 Å². The van der Waals surface area contributed by atoms with Gasteiger partial charge in [-0.15, -0.1) is 0 Å². The first-order valence-corrected chi connectivity index (χ1v) is 7.57. The highest BCUT2D eigenvalue weighted by Gasteiger charge is 2.24. The van der Waals surface area contributed by atoms with Crippen LogP contribution in [0.4, 0.5) is 10.1 Å². The summed E-state index contributed by atoms with van der Waals surface area (Å²) in [6.07, 6.45) is 3.11. The second-order valence-electron chi connectivity index (χ2n) is 5.40. The molecule has 1 fully saturated rings. The average Bonchev–Trinajstić information content (AvgIpc) is 2.50. The zero-order chi connectivity index (χ0) is 16.1. The van der Waals surface area contributed by atoms with Gasteiger partial charge in [0.25, 0.3) is 0 Å². The summed E-state index contributed by atoms with van der Waals surface area (Å²) < 4.78 is 13.0. The number of benzene rings is 1. The van der Waals surface area contributed by atoms with E-state index < -0.39 is 23.7 Å². The Morgan fingerprint density at radius 3 is 2.68 bits per heavy atom. The van der Waals surface area contributed by atoms with E-state index in [2.05, 4.69) is 10.6 Å². The van der Waals surface area contributed by atoms with Crippen LogP contribution in [0.2, 0.25) is 5.02 Å². The van der Waals surface area contributed by atoms with Gasteiger partial charge in [-0.05, 0) is 31.0 Å². The minimum absolute atomic E-state index is 0.0224. The van der Waals surface area contributed by atoms with E-state index in [0.29, 0.717) is 0 Å². The van der Waals surface area contributed by atoms with Crippen molar-refractivity contribution in [3.63, 3.8) is 0 Å². The van der Waals surface area contributed by atoms with E-state index in [1.807, 2.05) is 0 Å². The maximum Gasteiger partial charge on any atom is 0.313 e. The zero-order valence-electron chi connectivity index (χ0n) is 11.9. The van der Waals surface area contributed by atoms with Gasteiger partial charge in [0, 0.05) is 18.2 Å². The number of rotatable bonds is 3. The van der Waals surface area contributed by atoms with Gasteiger partial charge in [-0.2, -0.15) is 0 Å². The van der Waals surface area contributed by atoms with Crippen molar-refractivity contribution in [1.82, 2.24) is 5.32 Å². The van der Waals surface area contributed by atoms with Gasteiger partial charge in [0.1, 0.15) is 5.82 Å². The van der Waals surface area contributed by atoms with Gasteiger partial charge in [-0.1, -0.05) is 24.4 Å². The number of aliphatic hydroxyl groups excluding tert-OH is 1. The van der Waals surface area contributed by atoms with E-state index in [0.717, 1.165) is 31.7 Å². The maximum atomic E-state index is 13.0. The zero-order valence-corrected chi connectivity index (χ0v) is 12.7. The van der Waals surface area contributed by atoms with Crippen molar-refractivity contribution in [2.75, 3.05) is 11.9 Å². The van der Waals surface area contributed by atoms with Crippen LogP contribution >= 0.6 is 11.6 Å². The first-order chi connectivity index (χ1) is 10.5. The summed E-state index contributed by atoms with van der Waals surface area (Å²) in [7, 11) is 0. The van der Waals surface area contributed by atoms with Gasteiger partial charge in [-0.25, -0.2) is 4.39 Å². The van der Waals surface area contributed by atoms with Crippen molar-refractivity contribution in [2.45, 2.75) is 31.8 Å². The summed E-state index contributed by atoms with van der Waals surface area (Å²) in [5.41, 5.74) is 0.240. The molecule has 0 aliphatic heterocycles. The molecule has 1 aliphatic carbocycles. The smallest absolute Gasteiger partial charge is 0.313 e. The fraction of sp³-hybridized carbons (Fsp3) is 0.467. The molecule has 0 aromatic heterocycles. The molecule has 2 unspecified atom stereocenters. The van der Waals surface area contributed by atoms with Crippen molar-refractivity contribution in [1.29, 1.82) is 0 Å². The number of carbonyl (C=O) groups is 2. The molecule has 3 N–H and O–H groups in total. The molecule has 2 rings (SSSR count). The topological polar surface area (TPSA) is 78.4 Å². The highest BCUT2D eigenvalue weighted by atomic mass is 35.5. The predicted molar refractivity (Wildman–Crippen MR) is 81.0 cm³/mol. The molecule has 0 saturated heterocycles. The number of halogens is 2. The molecule has 1 aromatic rings. The summed E-state index contributed by atoms with van der Waals surface area (Å²) in [6, 6.07) is 3.65. The molecule has 0 heterocycles. The lowest BCUT2D eigenvalue weighted by atomic mass is 9.86. The Labute approximate surface area is 132 Å². The van der Waals surface area contributed by atoms with E-state index in [1.54, 1.807) is 0 Å². The summed E-state index contributed by atoms with van der Waals surface area (Å²) in [6.45, 7) is 0.262. The van der Waals surface area contributed by atoms with E-state index in [-0.39, 0.29) is 23.2 Å². The largest absolute Gasteiger partial charge is 0.393 e. The minimum atomic E-state index is -0.854. The van der Waals surface area contributed by atoms with Crippen LogP contribution < -0.4 is 10.6 Å². The third-order valence-electron chi connectivity index (χ3n) is 3.78. The molecule has 0 bridgehead atoms. The van der Waals surface area contributed by atoms with E-state index in [1.165, 1.54) is 12.1 Å². The number of aliphatic hydroxyl groups is 1. The molecule has 0 radical (unpaired) electrons. The highest BCUT2D eigenvalue weighted by Crippen LogP contribution is 2.23. The Balaban J connectivity index is 1.84. The number of nitrogens with one attached hydrogen (secondary N) is 2. The van der Waals surface area contributed by atoms with Crippen molar-refractivity contribution in [2.24, 2.45) is 5.92 Å². The fourth-order valence-corrected chi connectivity index (χ4v) is 2.67. The summed E-state index contributed by atoms with van der Waals surface area (Å²) in [5.74, 6) is -2.27. The van der Waals surface area contributed by atoms with Gasteiger partial charge >= 0.3 is 11.8 Å². The van der Waals surface area contributed by atoms with Crippen molar-refractivity contribution < 1.29 is 19.1 Å². The lowest BCUT2D eigenvalue weighted by Gasteiger charge is -2.27. The normalized spacial score (nSPS) is 21.2. The summed E-state index contributed by atoms with van der Waals surface area (Å²) >= 11 is 5.60. The number of anilines is 1. The standard InChI is InChI=1S/C15H18ClFN2O3/c16-11-7-10(5-6-12(11)17)19-15(22)14(21)18-8-9-3-1-2-4-13(9)20/h5-7,9,13,20H,1-4,8H2,(H,18,21)(H,19,22). The molecule has 1 aromatic carbocycles. The molecule has 2 atom stereocenters. The van der Waals surface area contributed by atoms with Gasteiger partial charge in [0.15, 0.2) is 0 Å². The van der Waals surface area contributed by atoms with Crippen LogP contribution in [0.1, 0.15) is 25.7 Å². The van der Waals surface area contributed by atoms with Gasteiger partial charge in [0.05, 0.1) is 11.1 Å². The van der Waals surface area contributed by atoms with Gasteiger partial charge in [-0.3, -0.25) is 9.59 Å². The second kappa shape index (κ2) is 7.56. The monoisotopic (exact) mass is 328 g/mol. The van der Waals surface area contributed by atoms with Crippen LogP contribution in [0, 0.1) is 11.7 Å². The quantitative estimate of drug-likeness (QED) is 0.743. The van der Waals surface area contributed by atoms with E-state index in [9.17, 15) is 19.1 Å². The van der Waals surface area contributed by atoms with Crippen LogP contribution in [-0.2, 0) is 9.59 Å². The number of amides is 2. The third-order valence-corrected chi connectivity index (χ3v) is 4.07. The van der Waals surface area contributed by atoms with Gasteiger partial charge in [0.2, 0.25) is 0 Å². The highest BCUT2D eigenvalue weighted by molar-refractivity contribution is 6.39. The molecule has 1 saturated carbocycles. The Hall–Kier alpha value is -1.66. The van der Waals surface area contributed by atoms with Crippen LogP contribution in [0.3, 0.4) is 0 Å². The van der Waals surface area contributed by atoms with Crippen molar-refractivity contribution in [3.8, 4) is 0 Å². The molecule has 0 spiro atoms. The minimum Gasteiger partial charge on any atom is -0.393 e. The predicted octanol–water partition coefficient (Wildman–Crippen LogP) is 2.08. The first-order valence-electron chi connectivity index (χ1n) is 7.19. The third kappa shape index (κ3) is 4.42. The van der Waals surface area contributed by atoms with Crippen LogP contribution in [-0.4, -0.2) is 29.6 Å². The maximum absolute atomic E-state index is 13.0. The van der Waals surface area contributed by atoms with Crippen molar-refractivity contribution in [3.05, 3.63) is 29.0 Å². The molecular formula is C15H18ClFN2O3. The van der Waals surface area contributed by atoms with Crippen LogP contribution in [0.15, 0.2) is 18.2 Å². The average molecular weight is 329 g/mol. The Morgan fingerprint density at radius 2 is 2.00 bits per heavy atom.